The van der Waals surface area contributed by atoms with Gasteiger partial charge in [-0.15, -0.1) is 0 Å². The monoisotopic (exact) mass is 367 g/mol. The van der Waals surface area contributed by atoms with Crippen LogP contribution in [0.15, 0.2) is 66.9 Å². The van der Waals surface area contributed by atoms with Crippen molar-refractivity contribution in [3.05, 3.63) is 82.5 Å². The fourth-order valence-electron chi connectivity index (χ4n) is 2.73. The number of ether oxygens (including phenoxy) is 1. The number of rotatable bonds is 6. The summed E-state index contributed by atoms with van der Waals surface area (Å²) < 4.78 is 6.72. The van der Waals surface area contributed by atoms with Crippen LogP contribution in [0.1, 0.15) is 26.0 Å². The largest absolute Gasteiger partial charge is 0.464 e. The van der Waals surface area contributed by atoms with E-state index in [9.17, 15) is 14.9 Å². The number of esters is 1. The average Bonchev–Trinajstić information content (AvgIpc) is 3.09. The Morgan fingerprint density at radius 2 is 1.74 bits per heavy atom. The van der Waals surface area contributed by atoms with Gasteiger partial charge < -0.3 is 14.9 Å². The molecule has 2 aromatic carbocycles. The molecule has 3 rings (SSSR count). The standard InChI is InChI=1S/C19H17N3O4.CH4/c1-2-26-19(23)17(14-9-5-3-6-10-14)21-13-16(22(24)25)20-18(21)15-11-7-4-8-12-15;/h3-13,17H,2H2,1H3;1H4. The molecule has 0 bridgehead atoms. The van der Waals surface area contributed by atoms with Crippen molar-refractivity contribution in [2.45, 2.75) is 20.4 Å². The van der Waals surface area contributed by atoms with Crippen LogP contribution in [0.3, 0.4) is 0 Å². The van der Waals surface area contributed by atoms with Crippen LogP contribution < -0.4 is 0 Å². The van der Waals surface area contributed by atoms with Gasteiger partial charge in [-0.05, 0) is 34.5 Å². The molecule has 27 heavy (non-hydrogen) atoms. The molecule has 3 aromatic rings. The summed E-state index contributed by atoms with van der Waals surface area (Å²) >= 11 is 0. The Hall–Kier alpha value is -3.48. The Morgan fingerprint density at radius 1 is 1.15 bits per heavy atom. The highest BCUT2D eigenvalue weighted by Gasteiger charge is 2.31. The van der Waals surface area contributed by atoms with Crippen LogP contribution >= 0.6 is 0 Å². The van der Waals surface area contributed by atoms with Gasteiger partial charge >= 0.3 is 11.8 Å². The fraction of sp³-hybridized carbons (Fsp3) is 0.200. The van der Waals surface area contributed by atoms with E-state index >= 15 is 0 Å². The van der Waals surface area contributed by atoms with Gasteiger partial charge in [0.15, 0.2) is 6.04 Å². The summed E-state index contributed by atoms with van der Waals surface area (Å²) in [4.78, 5) is 27.5. The van der Waals surface area contributed by atoms with Crippen LogP contribution in [0.5, 0.6) is 0 Å². The predicted octanol–water partition coefficient (Wildman–Crippen LogP) is 4.25. The number of nitrogens with zero attached hydrogens (tertiary/aromatic N) is 3. The van der Waals surface area contributed by atoms with Crippen LogP contribution in [-0.4, -0.2) is 27.1 Å². The highest BCUT2D eigenvalue weighted by Crippen LogP contribution is 2.30. The molecular formula is C20H21N3O4. The molecule has 7 nitrogen and oxygen atoms in total. The predicted molar refractivity (Wildman–Crippen MR) is 102 cm³/mol. The summed E-state index contributed by atoms with van der Waals surface area (Å²) in [6.45, 7) is 1.92. The molecule has 0 fully saturated rings. The molecule has 0 aliphatic carbocycles. The summed E-state index contributed by atoms with van der Waals surface area (Å²) in [5.74, 6) is -0.489. The molecule has 7 heteroatoms. The lowest BCUT2D eigenvalue weighted by Gasteiger charge is -2.18. The molecule has 0 spiro atoms. The van der Waals surface area contributed by atoms with Gasteiger partial charge in [-0.25, -0.2) is 4.79 Å². The zero-order valence-corrected chi connectivity index (χ0v) is 14.1. The van der Waals surface area contributed by atoms with Crippen LogP contribution in [-0.2, 0) is 9.53 Å². The van der Waals surface area contributed by atoms with Crippen molar-refractivity contribution < 1.29 is 14.5 Å². The number of hydrogen-bond donors (Lipinski definition) is 0. The maximum Gasteiger partial charge on any atom is 0.382 e. The lowest BCUT2D eigenvalue weighted by atomic mass is 10.1. The minimum atomic E-state index is -0.868. The Morgan fingerprint density at radius 3 is 2.30 bits per heavy atom. The molecule has 0 saturated heterocycles. The molecule has 0 radical (unpaired) electrons. The quantitative estimate of drug-likeness (QED) is 0.369. The van der Waals surface area contributed by atoms with E-state index in [-0.39, 0.29) is 19.9 Å². The van der Waals surface area contributed by atoms with E-state index in [4.69, 9.17) is 4.74 Å². The number of nitro groups is 1. The molecule has 0 aliphatic rings. The zero-order chi connectivity index (χ0) is 18.5. The van der Waals surface area contributed by atoms with E-state index < -0.39 is 16.9 Å². The summed E-state index contributed by atoms with van der Waals surface area (Å²) in [5.41, 5.74) is 1.33. The molecule has 1 heterocycles. The van der Waals surface area contributed by atoms with Gasteiger partial charge in [0.2, 0.25) is 0 Å². The SMILES string of the molecule is C.CCOC(=O)C(c1ccccc1)n1cc([N+](=O)[O-])nc1-c1ccccc1. The number of hydrogen-bond acceptors (Lipinski definition) is 5. The van der Waals surface area contributed by atoms with Crippen molar-refractivity contribution in [1.29, 1.82) is 0 Å². The zero-order valence-electron chi connectivity index (χ0n) is 14.1. The Bertz CT molecular complexity index is 907. The van der Waals surface area contributed by atoms with Crippen molar-refractivity contribution >= 4 is 11.8 Å². The number of imidazole rings is 1. The van der Waals surface area contributed by atoms with E-state index in [0.717, 1.165) is 0 Å². The topological polar surface area (TPSA) is 87.3 Å². The normalized spacial score (nSPS) is 11.3. The fourth-order valence-corrected chi connectivity index (χ4v) is 2.73. The molecule has 0 aliphatic heterocycles. The second kappa shape index (κ2) is 8.75. The average molecular weight is 367 g/mol. The Labute approximate surface area is 157 Å². The first-order chi connectivity index (χ1) is 12.6. The van der Waals surface area contributed by atoms with Gasteiger partial charge in [-0.3, -0.25) is 4.57 Å². The first-order valence-corrected chi connectivity index (χ1v) is 8.12. The first kappa shape index (κ1) is 19.8. The van der Waals surface area contributed by atoms with Crippen LogP contribution in [0, 0.1) is 10.1 Å². The van der Waals surface area contributed by atoms with Crippen molar-refractivity contribution in [2.75, 3.05) is 6.61 Å². The molecule has 1 aromatic heterocycles. The summed E-state index contributed by atoms with van der Waals surface area (Å²) in [7, 11) is 0. The van der Waals surface area contributed by atoms with E-state index in [2.05, 4.69) is 4.98 Å². The van der Waals surface area contributed by atoms with Gasteiger partial charge in [-0.2, -0.15) is 0 Å². The van der Waals surface area contributed by atoms with Gasteiger partial charge in [0, 0.05) is 5.56 Å². The van der Waals surface area contributed by atoms with Gasteiger partial charge in [0.05, 0.1) is 6.61 Å². The highest BCUT2D eigenvalue weighted by atomic mass is 16.6. The van der Waals surface area contributed by atoms with Crippen molar-refractivity contribution in [1.82, 2.24) is 9.55 Å². The highest BCUT2D eigenvalue weighted by molar-refractivity contribution is 5.79. The smallest absolute Gasteiger partial charge is 0.382 e. The van der Waals surface area contributed by atoms with Crippen molar-refractivity contribution in [3.63, 3.8) is 0 Å². The van der Waals surface area contributed by atoms with Crippen LogP contribution in [0.2, 0.25) is 0 Å². The second-order valence-corrected chi connectivity index (χ2v) is 5.52. The summed E-state index contributed by atoms with van der Waals surface area (Å²) in [6.07, 6.45) is 1.27. The number of carbonyl (C=O) groups excluding carboxylic acids is 1. The number of aromatic nitrogens is 2. The third-order valence-electron chi connectivity index (χ3n) is 3.84. The second-order valence-electron chi connectivity index (χ2n) is 5.52. The molecule has 1 unspecified atom stereocenters. The third-order valence-corrected chi connectivity index (χ3v) is 3.84. The van der Waals surface area contributed by atoms with Crippen LogP contribution in [0.4, 0.5) is 5.82 Å². The molecule has 0 amide bonds. The number of carbonyl (C=O) groups is 1. The maximum absolute atomic E-state index is 12.7. The van der Waals surface area contributed by atoms with E-state index in [0.29, 0.717) is 17.0 Å². The Balaban J connectivity index is 0.00000261. The van der Waals surface area contributed by atoms with Gasteiger partial charge in [0.25, 0.3) is 5.82 Å². The Kier molecular flexibility index (Phi) is 6.43. The first-order valence-electron chi connectivity index (χ1n) is 8.12. The van der Waals surface area contributed by atoms with Crippen LogP contribution in [0.25, 0.3) is 11.4 Å². The van der Waals surface area contributed by atoms with Gasteiger partial charge in [-0.1, -0.05) is 56.0 Å². The third kappa shape index (κ3) is 4.20. The molecular weight excluding hydrogens is 346 g/mol. The molecule has 140 valence electrons. The van der Waals surface area contributed by atoms with Gasteiger partial charge in [0.1, 0.15) is 6.20 Å². The minimum absolute atomic E-state index is 0. The minimum Gasteiger partial charge on any atom is -0.464 e. The lowest BCUT2D eigenvalue weighted by molar-refractivity contribution is -0.389. The molecule has 0 N–H and O–H groups in total. The summed E-state index contributed by atoms with van der Waals surface area (Å²) in [6, 6.07) is 17.2. The molecule has 1 atom stereocenters. The maximum atomic E-state index is 12.7. The van der Waals surface area contributed by atoms with E-state index in [1.54, 1.807) is 43.3 Å². The van der Waals surface area contributed by atoms with E-state index in [1.165, 1.54) is 10.8 Å². The van der Waals surface area contributed by atoms with E-state index in [1.807, 2.05) is 24.3 Å². The lowest BCUT2D eigenvalue weighted by Crippen LogP contribution is -2.23. The number of benzene rings is 2. The van der Waals surface area contributed by atoms with Crippen molar-refractivity contribution in [2.24, 2.45) is 0 Å². The summed E-state index contributed by atoms with van der Waals surface area (Å²) in [5, 5.41) is 11.3. The van der Waals surface area contributed by atoms with Crippen molar-refractivity contribution in [3.8, 4) is 11.4 Å². The molecule has 0 saturated carbocycles.